The second kappa shape index (κ2) is 9.89. The van der Waals surface area contributed by atoms with Crippen molar-refractivity contribution in [2.24, 2.45) is 0 Å². The van der Waals surface area contributed by atoms with E-state index in [1.165, 1.54) is 4.57 Å². The lowest BCUT2D eigenvalue weighted by molar-refractivity contribution is -0.121. The number of hydrogen-bond acceptors (Lipinski definition) is 5. The van der Waals surface area contributed by atoms with Crippen LogP contribution in [0.25, 0.3) is 10.9 Å². The molecule has 8 heteroatoms. The van der Waals surface area contributed by atoms with Crippen LogP contribution in [0.2, 0.25) is 0 Å². The number of nitrogens with zero attached hydrogens (tertiary/aromatic N) is 2. The number of carbonyl (C=O) groups excluding carboxylic acids is 1. The quantitative estimate of drug-likeness (QED) is 0.539. The van der Waals surface area contributed by atoms with Crippen LogP contribution in [0.5, 0.6) is 5.75 Å². The Kier molecular flexibility index (Phi) is 7.03. The van der Waals surface area contributed by atoms with Gasteiger partial charge < -0.3 is 14.8 Å². The summed E-state index contributed by atoms with van der Waals surface area (Å²) in [5.74, 6) is 0.374. The van der Waals surface area contributed by atoms with Crippen molar-refractivity contribution in [2.75, 3.05) is 20.8 Å². The molecule has 0 aliphatic rings. The minimum atomic E-state index is -0.508. The van der Waals surface area contributed by atoms with Crippen molar-refractivity contribution in [3.8, 4) is 5.75 Å². The number of hydrogen-bond donors (Lipinski definition) is 1. The summed E-state index contributed by atoms with van der Waals surface area (Å²) in [5.41, 5.74) is 0.447. The summed E-state index contributed by atoms with van der Waals surface area (Å²) < 4.78 is 12.7. The van der Waals surface area contributed by atoms with Crippen molar-refractivity contribution in [1.82, 2.24) is 14.5 Å². The molecule has 0 fully saturated rings. The number of ether oxygens (including phenoxy) is 2. The van der Waals surface area contributed by atoms with Gasteiger partial charge in [0.25, 0.3) is 5.56 Å². The lowest BCUT2D eigenvalue weighted by Crippen LogP contribution is -2.42. The molecule has 1 heterocycles. The van der Waals surface area contributed by atoms with E-state index in [0.717, 1.165) is 10.1 Å². The summed E-state index contributed by atoms with van der Waals surface area (Å²) in [5, 5.41) is 3.21. The average Bonchev–Trinajstić information content (AvgIpc) is 2.77. The zero-order valence-corrected chi connectivity index (χ0v) is 17.1. The molecule has 0 radical (unpaired) electrons. The van der Waals surface area contributed by atoms with Crippen molar-refractivity contribution >= 4 is 16.8 Å². The van der Waals surface area contributed by atoms with Gasteiger partial charge in [-0.05, 0) is 36.2 Å². The molecule has 8 nitrogen and oxygen atoms in total. The van der Waals surface area contributed by atoms with Crippen LogP contribution >= 0.6 is 0 Å². The highest BCUT2D eigenvalue weighted by Gasteiger charge is 2.15. The number of aromatic nitrogens is 2. The Morgan fingerprint density at radius 1 is 1.03 bits per heavy atom. The van der Waals surface area contributed by atoms with E-state index < -0.39 is 5.69 Å². The molecule has 0 spiro atoms. The minimum absolute atomic E-state index is 0.187. The maximum atomic E-state index is 13.0. The number of fused-ring (bicyclic) bond motifs is 1. The SMILES string of the molecule is COCCCn1c(=O)c2ccccc2n(CC(=O)NCc2cccc(OC)c2)c1=O. The summed E-state index contributed by atoms with van der Waals surface area (Å²) in [6.07, 6.45) is 0.520. The lowest BCUT2D eigenvalue weighted by Gasteiger charge is -2.14. The zero-order chi connectivity index (χ0) is 21.5. The highest BCUT2D eigenvalue weighted by molar-refractivity contribution is 5.81. The third-order valence-electron chi connectivity index (χ3n) is 4.79. The van der Waals surface area contributed by atoms with Crippen LogP contribution in [0.15, 0.2) is 58.1 Å². The molecular formula is C22H25N3O5. The summed E-state index contributed by atoms with van der Waals surface area (Å²) in [6.45, 7) is 0.769. The van der Waals surface area contributed by atoms with E-state index in [2.05, 4.69) is 5.32 Å². The Morgan fingerprint density at radius 2 is 1.83 bits per heavy atom. The van der Waals surface area contributed by atoms with Gasteiger partial charge in [0.05, 0.1) is 18.0 Å². The molecule has 1 amide bonds. The van der Waals surface area contributed by atoms with E-state index in [-0.39, 0.29) is 24.6 Å². The molecular weight excluding hydrogens is 386 g/mol. The number of amides is 1. The molecule has 0 aliphatic heterocycles. The van der Waals surface area contributed by atoms with Gasteiger partial charge in [0.15, 0.2) is 0 Å². The molecule has 0 atom stereocenters. The fraction of sp³-hybridized carbons (Fsp3) is 0.318. The Hall–Kier alpha value is -3.39. The van der Waals surface area contributed by atoms with E-state index in [4.69, 9.17) is 9.47 Å². The predicted octanol–water partition coefficient (Wildman–Crippen LogP) is 1.52. The molecule has 1 N–H and O–H groups in total. The summed E-state index contributed by atoms with van der Waals surface area (Å²) >= 11 is 0. The van der Waals surface area contributed by atoms with E-state index >= 15 is 0 Å². The predicted molar refractivity (Wildman–Crippen MR) is 114 cm³/mol. The number of para-hydroxylation sites is 1. The van der Waals surface area contributed by atoms with Gasteiger partial charge in [-0.1, -0.05) is 24.3 Å². The molecule has 158 valence electrons. The van der Waals surface area contributed by atoms with Gasteiger partial charge in [0.1, 0.15) is 12.3 Å². The van der Waals surface area contributed by atoms with E-state index in [0.29, 0.717) is 36.2 Å². The Labute approximate surface area is 173 Å². The second-order valence-electron chi connectivity index (χ2n) is 6.82. The third kappa shape index (κ3) is 4.77. The van der Waals surface area contributed by atoms with Gasteiger partial charge in [-0.25, -0.2) is 4.79 Å². The van der Waals surface area contributed by atoms with Gasteiger partial charge in [0.2, 0.25) is 5.91 Å². The molecule has 0 bridgehead atoms. The number of carbonyl (C=O) groups is 1. The van der Waals surface area contributed by atoms with Crippen molar-refractivity contribution in [3.63, 3.8) is 0 Å². The smallest absolute Gasteiger partial charge is 0.331 e. The lowest BCUT2D eigenvalue weighted by atomic mass is 10.2. The summed E-state index contributed by atoms with van der Waals surface area (Å²) in [7, 11) is 3.14. The third-order valence-corrected chi connectivity index (χ3v) is 4.79. The second-order valence-corrected chi connectivity index (χ2v) is 6.82. The number of methoxy groups -OCH3 is 2. The van der Waals surface area contributed by atoms with Gasteiger partial charge in [-0.2, -0.15) is 0 Å². The van der Waals surface area contributed by atoms with Crippen LogP contribution in [0.4, 0.5) is 0 Å². The largest absolute Gasteiger partial charge is 0.497 e. The van der Waals surface area contributed by atoms with Crippen molar-refractivity contribution in [1.29, 1.82) is 0 Å². The van der Waals surface area contributed by atoms with Gasteiger partial charge in [-0.3, -0.25) is 18.7 Å². The van der Waals surface area contributed by atoms with Crippen molar-refractivity contribution in [3.05, 3.63) is 74.9 Å². The van der Waals surface area contributed by atoms with Crippen molar-refractivity contribution in [2.45, 2.75) is 26.1 Å². The molecule has 30 heavy (non-hydrogen) atoms. The Bertz CT molecular complexity index is 1150. The van der Waals surface area contributed by atoms with Crippen LogP contribution in [0.1, 0.15) is 12.0 Å². The molecule has 0 aliphatic carbocycles. The monoisotopic (exact) mass is 411 g/mol. The summed E-state index contributed by atoms with van der Waals surface area (Å²) in [6, 6.07) is 14.2. The van der Waals surface area contributed by atoms with Gasteiger partial charge >= 0.3 is 5.69 Å². The first-order valence-electron chi connectivity index (χ1n) is 9.66. The molecule has 0 saturated heterocycles. The van der Waals surface area contributed by atoms with Gasteiger partial charge in [-0.15, -0.1) is 0 Å². The first kappa shape index (κ1) is 21.3. The zero-order valence-electron chi connectivity index (χ0n) is 17.1. The first-order chi connectivity index (χ1) is 14.5. The highest BCUT2D eigenvalue weighted by Crippen LogP contribution is 2.12. The van der Waals surface area contributed by atoms with Crippen LogP contribution in [0.3, 0.4) is 0 Å². The van der Waals surface area contributed by atoms with Crippen LogP contribution in [0, 0.1) is 0 Å². The normalized spacial score (nSPS) is 10.9. The minimum Gasteiger partial charge on any atom is -0.497 e. The fourth-order valence-electron chi connectivity index (χ4n) is 3.27. The summed E-state index contributed by atoms with van der Waals surface area (Å²) in [4.78, 5) is 38.3. The molecule has 3 aromatic rings. The van der Waals surface area contributed by atoms with Gasteiger partial charge in [0, 0.05) is 26.8 Å². The fourth-order valence-corrected chi connectivity index (χ4v) is 3.27. The molecule has 0 saturated carbocycles. The topological polar surface area (TPSA) is 91.6 Å². The molecule has 3 rings (SSSR count). The maximum Gasteiger partial charge on any atom is 0.331 e. The van der Waals surface area contributed by atoms with E-state index in [9.17, 15) is 14.4 Å². The standard InChI is InChI=1S/C22H25N3O5/c1-29-12-6-11-24-21(27)18-9-3-4-10-19(18)25(22(24)28)15-20(26)23-14-16-7-5-8-17(13-16)30-2/h3-5,7-10,13H,6,11-12,14-15H2,1-2H3,(H,23,26). The Balaban J connectivity index is 1.86. The van der Waals surface area contributed by atoms with E-state index in [1.54, 1.807) is 38.5 Å². The molecule has 1 aromatic heterocycles. The average molecular weight is 411 g/mol. The van der Waals surface area contributed by atoms with Crippen LogP contribution < -0.4 is 21.3 Å². The van der Waals surface area contributed by atoms with Crippen molar-refractivity contribution < 1.29 is 14.3 Å². The van der Waals surface area contributed by atoms with Crippen LogP contribution in [-0.4, -0.2) is 35.9 Å². The number of rotatable bonds is 9. The molecule has 0 unspecified atom stereocenters. The number of nitrogens with one attached hydrogen (secondary N) is 1. The molecule has 2 aromatic carbocycles. The highest BCUT2D eigenvalue weighted by atomic mass is 16.5. The Morgan fingerprint density at radius 3 is 2.60 bits per heavy atom. The maximum absolute atomic E-state index is 13.0. The first-order valence-corrected chi connectivity index (χ1v) is 9.66. The van der Waals surface area contributed by atoms with E-state index in [1.807, 2.05) is 24.3 Å². The number of benzene rings is 2. The van der Waals surface area contributed by atoms with Crippen LogP contribution in [-0.2, 0) is 29.2 Å².